The van der Waals surface area contributed by atoms with Crippen molar-refractivity contribution in [3.05, 3.63) is 11.6 Å². The summed E-state index contributed by atoms with van der Waals surface area (Å²) < 4.78 is 5.89. The van der Waals surface area contributed by atoms with Crippen molar-refractivity contribution in [1.29, 1.82) is 0 Å². The number of ether oxygens (including phenoxy) is 1. The van der Waals surface area contributed by atoms with Crippen molar-refractivity contribution in [3.8, 4) is 0 Å². The molecule has 0 saturated heterocycles. The van der Waals surface area contributed by atoms with Crippen LogP contribution in [0.5, 0.6) is 0 Å². The molecule has 2 saturated carbocycles. The molecule has 146 valence electrons. The lowest BCUT2D eigenvalue weighted by molar-refractivity contribution is -0.189. The average Bonchev–Trinajstić information content (AvgIpc) is 2.58. The third-order valence-corrected chi connectivity index (χ3v) is 8.88. The first kappa shape index (κ1) is 19.6. The number of Topliss-reactive ketones (excluding diaryl/α,β-unsaturated/α-hetero) is 1. The van der Waals surface area contributed by atoms with Gasteiger partial charge in [-0.2, -0.15) is 0 Å². The molecule has 4 nitrogen and oxygen atoms in total. The van der Waals surface area contributed by atoms with Gasteiger partial charge in [0.15, 0.2) is 5.78 Å². The third kappa shape index (κ3) is 2.23. The van der Waals surface area contributed by atoms with Crippen LogP contribution in [0.3, 0.4) is 0 Å². The number of ketones is 1. The Labute approximate surface area is 157 Å². The predicted molar refractivity (Wildman–Crippen MR) is 101 cm³/mol. The average molecular weight is 363 g/mol. The Balaban J connectivity index is 2.13. The number of carboxylic acid groups (broad SMARTS) is 1. The molecule has 0 aromatic heterocycles. The van der Waals surface area contributed by atoms with Crippen LogP contribution in [0, 0.1) is 28.1 Å². The fourth-order valence-electron chi connectivity index (χ4n) is 6.46. The third-order valence-electron chi connectivity index (χ3n) is 8.88. The molecule has 26 heavy (non-hydrogen) atoms. The Bertz CT molecular complexity index is 665. The molecule has 5 atom stereocenters. The molecular formula is C22H34O4. The van der Waals surface area contributed by atoms with E-state index in [0.29, 0.717) is 18.8 Å². The fourth-order valence-corrected chi connectivity index (χ4v) is 6.46. The second-order valence-electron chi connectivity index (χ2n) is 9.85. The van der Waals surface area contributed by atoms with Gasteiger partial charge in [-0.05, 0) is 66.9 Å². The first-order chi connectivity index (χ1) is 12.0. The maximum Gasteiger partial charge on any atom is 0.309 e. The van der Waals surface area contributed by atoms with Gasteiger partial charge in [-0.1, -0.05) is 34.1 Å². The van der Waals surface area contributed by atoms with Gasteiger partial charge in [-0.25, -0.2) is 0 Å². The lowest BCUT2D eigenvalue weighted by atomic mass is 9.38. The standard InChI is InChI=1S/C22H34O4/c1-14(2)22(26-6)11-8-16-15(12-22)17(23)13-21(5)19(16,3)9-7-10-20(21,4)18(24)25/h12,14,16H,7-11,13H2,1-6H3,(H,24,25). The van der Waals surface area contributed by atoms with Gasteiger partial charge in [0, 0.05) is 13.5 Å². The fraction of sp³-hybridized carbons (Fsp3) is 0.818. The zero-order valence-corrected chi connectivity index (χ0v) is 17.1. The quantitative estimate of drug-likeness (QED) is 0.795. The highest BCUT2D eigenvalue weighted by Gasteiger charge is 2.67. The van der Waals surface area contributed by atoms with Crippen molar-refractivity contribution in [2.45, 2.75) is 78.7 Å². The van der Waals surface area contributed by atoms with Gasteiger partial charge >= 0.3 is 5.97 Å². The molecule has 0 bridgehead atoms. The van der Waals surface area contributed by atoms with E-state index in [1.54, 1.807) is 7.11 Å². The summed E-state index contributed by atoms with van der Waals surface area (Å²) in [5.74, 6) is -0.193. The molecule has 0 spiro atoms. The lowest BCUT2D eigenvalue weighted by Crippen LogP contribution is -2.63. The highest BCUT2D eigenvalue weighted by molar-refractivity contribution is 5.98. The summed E-state index contributed by atoms with van der Waals surface area (Å²) in [4.78, 5) is 25.5. The second-order valence-corrected chi connectivity index (χ2v) is 9.85. The van der Waals surface area contributed by atoms with Crippen molar-refractivity contribution >= 4 is 11.8 Å². The van der Waals surface area contributed by atoms with Crippen LogP contribution in [-0.4, -0.2) is 29.6 Å². The summed E-state index contributed by atoms with van der Waals surface area (Å²) in [5, 5.41) is 10.0. The summed E-state index contributed by atoms with van der Waals surface area (Å²) >= 11 is 0. The zero-order valence-electron chi connectivity index (χ0n) is 17.1. The molecule has 0 amide bonds. The Morgan fingerprint density at radius 2 is 1.88 bits per heavy atom. The van der Waals surface area contributed by atoms with Gasteiger partial charge in [0.05, 0.1) is 11.0 Å². The van der Waals surface area contributed by atoms with E-state index in [0.717, 1.165) is 31.3 Å². The first-order valence-corrected chi connectivity index (χ1v) is 10.0. The Kier molecular flexibility index (Phi) is 4.46. The summed E-state index contributed by atoms with van der Waals surface area (Å²) in [7, 11) is 1.73. The summed E-state index contributed by atoms with van der Waals surface area (Å²) in [5.41, 5.74) is -1.02. The number of carboxylic acids is 1. The molecule has 5 unspecified atom stereocenters. The molecule has 3 aliphatic carbocycles. The number of carbonyl (C=O) groups is 2. The zero-order chi connectivity index (χ0) is 19.5. The molecule has 0 heterocycles. The van der Waals surface area contributed by atoms with Gasteiger partial charge in [-0.3, -0.25) is 9.59 Å². The Morgan fingerprint density at radius 1 is 1.23 bits per heavy atom. The highest BCUT2D eigenvalue weighted by Crippen LogP contribution is 2.69. The number of fused-ring (bicyclic) bond motifs is 3. The Hall–Kier alpha value is -1.16. The van der Waals surface area contributed by atoms with Gasteiger partial charge in [0.1, 0.15) is 0 Å². The van der Waals surface area contributed by atoms with E-state index in [2.05, 4.69) is 33.8 Å². The summed E-state index contributed by atoms with van der Waals surface area (Å²) in [6.45, 7) is 10.5. The normalized spacial score (nSPS) is 45.7. The SMILES string of the molecule is COC1(C(C)C)C=C2C(=O)CC3(C)C(C)(C(=O)O)CCCC3(C)C2CC1. The van der Waals surface area contributed by atoms with Crippen molar-refractivity contribution in [2.24, 2.45) is 28.1 Å². The number of methoxy groups -OCH3 is 1. The minimum absolute atomic E-state index is 0.131. The Morgan fingerprint density at radius 3 is 2.42 bits per heavy atom. The molecule has 3 rings (SSSR count). The van der Waals surface area contributed by atoms with E-state index < -0.39 is 16.8 Å². The molecule has 0 aromatic carbocycles. The highest BCUT2D eigenvalue weighted by atomic mass is 16.5. The van der Waals surface area contributed by atoms with Crippen LogP contribution in [-0.2, 0) is 14.3 Å². The topological polar surface area (TPSA) is 63.6 Å². The van der Waals surface area contributed by atoms with E-state index in [4.69, 9.17) is 4.74 Å². The van der Waals surface area contributed by atoms with Crippen LogP contribution >= 0.6 is 0 Å². The maximum atomic E-state index is 13.3. The van der Waals surface area contributed by atoms with E-state index in [1.807, 2.05) is 6.92 Å². The number of allylic oxidation sites excluding steroid dienone is 1. The van der Waals surface area contributed by atoms with Gasteiger partial charge < -0.3 is 9.84 Å². The second kappa shape index (κ2) is 5.92. The molecule has 2 fully saturated rings. The molecule has 4 heteroatoms. The van der Waals surface area contributed by atoms with Crippen LogP contribution in [0.25, 0.3) is 0 Å². The van der Waals surface area contributed by atoms with Crippen LogP contribution in [0.1, 0.15) is 73.1 Å². The van der Waals surface area contributed by atoms with E-state index in [-0.39, 0.29) is 22.7 Å². The molecule has 0 radical (unpaired) electrons. The monoisotopic (exact) mass is 362 g/mol. The molecule has 3 aliphatic rings. The van der Waals surface area contributed by atoms with Crippen LogP contribution in [0.2, 0.25) is 0 Å². The van der Waals surface area contributed by atoms with Crippen molar-refractivity contribution in [1.82, 2.24) is 0 Å². The van der Waals surface area contributed by atoms with Gasteiger partial charge in [0.25, 0.3) is 0 Å². The number of hydrogen-bond acceptors (Lipinski definition) is 3. The number of carbonyl (C=O) groups excluding carboxylic acids is 1. The minimum atomic E-state index is -0.852. The number of rotatable bonds is 3. The van der Waals surface area contributed by atoms with Crippen molar-refractivity contribution in [2.75, 3.05) is 7.11 Å². The number of hydrogen-bond donors (Lipinski definition) is 1. The molecular weight excluding hydrogens is 328 g/mol. The number of aliphatic carboxylic acids is 1. The lowest BCUT2D eigenvalue weighted by Gasteiger charge is -2.64. The summed E-state index contributed by atoms with van der Waals surface area (Å²) in [6, 6.07) is 0. The largest absolute Gasteiger partial charge is 0.481 e. The molecule has 0 aliphatic heterocycles. The maximum absolute atomic E-state index is 13.3. The molecule has 1 N–H and O–H groups in total. The van der Waals surface area contributed by atoms with Gasteiger partial charge in [-0.15, -0.1) is 0 Å². The van der Waals surface area contributed by atoms with Crippen LogP contribution in [0.15, 0.2) is 11.6 Å². The predicted octanol–water partition coefficient (Wildman–Crippen LogP) is 4.62. The molecule has 0 aromatic rings. The van der Waals surface area contributed by atoms with E-state index in [1.165, 1.54) is 0 Å². The van der Waals surface area contributed by atoms with E-state index in [9.17, 15) is 14.7 Å². The van der Waals surface area contributed by atoms with E-state index >= 15 is 0 Å². The first-order valence-electron chi connectivity index (χ1n) is 10.0. The van der Waals surface area contributed by atoms with Gasteiger partial charge in [0.2, 0.25) is 0 Å². The minimum Gasteiger partial charge on any atom is -0.481 e. The van der Waals surface area contributed by atoms with Crippen molar-refractivity contribution < 1.29 is 19.4 Å². The summed E-state index contributed by atoms with van der Waals surface area (Å²) in [6.07, 6.45) is 6.76. The van der Waals surface area contributed by atoms with Crippen molar-refractivity contribution in [3.63, 3.8) is 0 Å². The van der Waals surface area contributed by atoms with Crippen LogP contribution in [0.4, 0.5) is 0 Å². The van der Waals surface area contributed by atoms with Crippen LogP contribution < -0.4 is 0 Å². The smallest absolute Gasteiger partial charge is 0.309 e.